The van der Waals surface area contributed by atoms with E-state index in [-0.39, 0.29) is 0 Å². The molecular formula is C6H13NO4. The van der Waals surface area contributed by atoms with Gasteiger partial charge in [0.2, 0.25) is 0 Å². The lowest BCUT2D eigenvalue weighted by molar-refractivity contribution is -0.264. The average Bonchev–Trinajstić information content (AvgIpc) is 1.82. The summed E-state index contributed by atoms with van der Waals surface area (Å²) in [5.41, 5.74) is -1.53. The summed E-state index contributed by atoms with van der Waals surface area (Å²) in [5, 5.41) is 26.9. The number of nitrogens with zero attached hydrogens (tertiary/aromatic N) is 1. The van der Waals surface area contributed by atoms with Gasteiger partial charge in [0.05, 0.1) is 0 Å². The molecule has 0 heterocycles. The fraction of sp³-hybridized carbons (Fsp3) is 0.833. The lowest BCUT2D eigenvalue weighted by atomic mass is 10.2. The van der Waals surface area contributed by atoms with Crippen molar-refractivity contribution < 1.29 is 20.2 Å². The van der Waals surface area contributed by atoms with Crippen LogP contribution in [0.3, 0.4) is 0 Å². The molecular weight excluding hydrogens is 150 g/mol. The fourth-order valence-corrected chi connectivity index (χ4v) is 0.579. The third-order valence-corrected chi connectivity index (χ3v) is 1.28. The van der Waals surface area contributed by atoms with Gasteiger partial charge in [0.1, 0.15) is 11.8 Å². The summed E-state index contributed by atoms with van der Waals surface area (Å²) >= 11 is 0. The molecule has 5 heteroatoms. The minimum atomic E-state index is -1.53. The predicted molar refractivity (Wildman–Crippen MR) is 37.0 cm³/mol. The van der Waals surface area contributed by atoms with E-state index in [4.69, 9.17) is 15.4 Å². The number of carboxylic acids is 1. The molecule has 0 aromatic carbocycles. The van der Waals surface area contributed by atoms with Crippen molar-refractivity contribution >= 4 is 5.97 Å². The first-order chi connectivity index (χ1) is 4.76. The van der Waals surface area contributed by atoms with E-state index < -0.39 is 17.7 Å². The fourth-order valence-electron chi connectivity index (χ4n) is 0.579. The minimum Gasteiger partial charge on any atom is -0.480 e. The summed E-state index contributed by atoms with van der Waals surface area (Å²) in [6, 6.07) is -1.12. The molecule has 0 radical (unpaired) electrons. The highest BCUT2D eigenvalue weighted by Crippen LogP contribution is 2.10. The smallest absolute Gasteiger partial charge is 0.323 e. The van der Waals surface area contributed by atoms with Gasteiger partial charge in [-0.2, -0.15) is 0 Å². The van der Waals surface area contributed by atoms with Crippen molar-refractivity contribution in [2.45, 2.75) is 32.5 Å². The number of rotatable bonds is 3. The second-order valence-corrected chi connectivity index (χ2v) is 2.85. The van der Waals surface area contributed by atoms with Crippen LogP contribution in [-0.2, 0) is 4.79 Å². The Kier molecular flexibility index (Phi) is 2.98. The molecule has 1 unspecified atom stereocenters. The maximum atomic E-state index is 10.3. The van der Waals surface area contributed by atoms with E-state index in [1.807, 2.05) is 0 Å². The van der Waals surface area contributed by atoms with Gasteiger partial charge in [-0.25, -0.2) is 0 Å². The van der Waals surface area contributed by atoms with Crippen LogP contribution in [0.15, 0.2) is 0 Å². The van der Waals surface area contributed by atoms with E-state index in [2.05, 4.69) is 0 Å². The standard InChI is InChI=1S/C6H13NO4/c1-4(5(8)9)7(11)6(2,3)10/h4,10-11H,1-3H3,(H,8,9). The number of hydrogen-bond donors (Lipinski definition) is 3. The summed E-state index contributed by atoms with van der Waals surface area (Å²) in [6.45, 7) is 3.87. The molecule has 66 valence electrons. The summed E-state index contributed by atoms with van der Waals surface area (Å²) in [5.74, 6) is -1.19. The zero-order chi connectivity index (χ0) is 9.23. The summed E-state index contributed by atoms with van der Waals surface area (Å²) in [6.07, 6.45) is 0. The average molecular weight is 163 g/mol. The SMILES string of the molecule is CC(C(=O)O)N(O)C(C)(C)O. The molecule has 0 saturated heterocycles. The maximum Gasteiger partial charge on any atom is 0.323 e. The Morgan fingerprint density at radius 2 is 1.91 bits per heavy atom. The Morgan fingerprint density at radius 3 is 2.00 bits per heavy atom. The molecule has 0 aromatic heterocycles. The van der Waals surface area contributed by atoms with Crippen molar-refractivity contribution in [3.63, 3.8) is 0 Å². The Morgan fingerprint density at radius 1 is 1.55 bits per heavy atom. The van der Waals surface area contributed by atoms with Gasteiger partial charge < -0.3 is 15.4 Å². The molecule has 5 nitrogen and oxygen atoms in total. The van der Waals surface area contributed by atoms with Crippen molar-refractivity contribution in [3.05, 3.63) is 0 Å². The van der Waals surface area contributed by atoms with E-state index in [1.165, 1.54) is 20.8 Å². The van der Waals surface area contributed by atoms with Gasteiger partial charge in [-0.1, -0.05) is 0 Å². The molecule has 1 atom stereocenters. The van der Waals surface area contributed by atoms with Gasteiger partial charge in [0, 0.05) is 0 Å². The number of carbonyl (C=O) groups is 1. The second-order valence-electron chi connectivity index (χ2n) is 2.85. The van der Waals surface area contributed by atoms with Gasteiger partial charge in [-0.15, -0.1) is 5.06 Å². The quantitative estimate of drug-likeness (QED) is 0.399. The van der Waals surface area contributed by atoms with Crippen LogP contribution in [-0.4, -0.2) is 38.2 Å². The first-order valence-corrected chi connectivity index (χ1v) is 3.20. The van der Waals surface area contributed by atoms with Crippen LogP contribution in [0.1, 0.15) is 20.8 Å². The van der Waals surface area contributed by atoms with Gasteiger partial charge >= 0.3 is 5.97 Å². The number of aliphatic hydroxyl groups is 1. The van der Waals surface area contributed by atoms with Crippen molar-refractivity contribution in [3.8, 4) is 0 Å². The highest BCUT2D eigenvalue weighted by atomic mass is 16.5. The van der Waals surface area contributed by atoms with E-state index in [0.717, 1.165) is 0 Å². The first-order valence-electron chi connectivity index (χ1n) is 3.20. The van der Waals surface area contributed by atoms with Crippen LogP contribution in [0.2, 0.25) is 0 Å². The van der Waals surface area contributed by atoms with Gasteiger partial charge in [0.25, 0.3) is 0 Å². The Labute approximate surface area is 64.8 Å². The molecule has 0 rings (SSSR count). The molecule has 11 heavy (non-hydrogen) atoms. The number of hydroxylamine groups is 2. The van der Waals surface area contributed by atoms with Crippen LogP contribution in [0.25, 0.3) is 0 Å². The lowest BCUT2D eigenvalue weighted by Crippen LogP contribution is -2.49. The molecule has 0 aromatic rings. The van der Waals surface area contributed by atoms with Crippen LogP contribution < -0.4 is 0 Å². The Hall–Kier alpha value is -0.650. The largest absolute Gasteiger partial charge is 0.480 e. The molecule has 0 aliphatic carbocycles. The highest BCUT2D eigenvalue weighted by Gasteiger charge is 2.30. The molecule has 0 bridgehead atoms. The molecule has 0 aliphatic rings. The summed E-state index contributed by atoms with van der Waals surface area (Å²) in [7, 11) is 0. The molecule has 0 fully saturated rings. The predicted octanol–water partition coefficient (Wildman–Crippen LogP) is -0.121. The Bertz CT molecular complexity index is 151. The van der Waals surface area contributed by atoms with Crippen LogP contribution in [0.4, 0.5) is 0 Å². The van der Waals surface area contributed by atoms with E-state index in [0.29, 0.717) is 5.06 Å². The van der Waals surface area contributed by atoms with Gasteiger partial charge in [0.15, 0.2) is 0 Å². The third kappa shape index (κ3) is 2.83. The molecule has 0 saturated carbocycles. The lowest BCUT2D eigenvalue weighted by Gasteiger charge is -2.30. The number of aliphatic carboxylic acids is 1. The van der Waals surface area contributed by atoms with Crippen LogP contribution in [0, 0.1) is 0 Å². The minimum absolute atomic E-state index is 0.384. The highest BCUT2D eigenvalue weighted by molar-refractivity contribution is 5.72. The van der Waals surface area contributed by atoms with E-state index in [1.54, 1.807) is 0 Å². The first kappa shape index (κ1) is 10.3. The number of hydrogen-bond acceptors (Lipinski definition) is 4. The van der Waals surface area contributed by atoms with Gasteiger partial charge in [-0.3, -0.25) is 4.79 Å². The number of carboxylic acid groups (broad SMARTS) is 1. The topological polar surface area (TPSA) is 81.0 Å². The molecule has 0 spiro atoms. The zero-order valence-electron chi connectivity index (χ0n) is 6.77. The third-order valence-electron chi connectivity index (χ3n) is 1.28. The zero-order valence-corrected chi connectivity index (χ0v) is 6.77. The normalized spacial score (nSPS) is 15.1. The van der Waals surface area contributed by atoms with Crippen molar-refractivity contribution in [2.75, 3.05) is 0 Å². The maximum absolute atomic E-state index is 10.3. The summed E-state index contributed by atoms with van der Waals surface area (Å²) in [4.78, 5) is 10.3. The summed E-state index contributed by atoms with van der Waals surface area (Å²) < 4.78 is 0. The molecule has 0 aliphatic heterocycles. The van der Waals surface area contributed by atoms with E-state index in [9.17, 15) is 4.79 Å². The second kappa shape index (κ2) is 3.17. The Balaban J connectivity index is 4.25. The van der Waals surface area contributed by atoms with Crippen molar-refractivity contribution in [1.29, 1.82) is 0 Å². The van der Waals surface area contributed by atoms with E-state index >= 15 is 0 Å². The van der Waals surface area contributed by atoms with Crippen molar-refractivity contribution in [2.24, 2.45) is 0 Å². The van der Waals surface area contributed by atoms with Crippen molar-refractivity contribution in [1.82, 2.24) is 5.06 Å². The van der Waals surface area contributed by atoms with Crippen LogP contribution >= 0.6 is 0 Å². The van der Waals surface area contributed by atoms with Gasteiger partial charge in [-0.05, 0) is 20.8 Å². The molecule has 0 amide bonds. The molecule has 3 N–H and O–H groups in total. The monoisotopic (exact) mass is 163 g/mol. The van der Waals surface area contributed by atoms with Crippen LogP contribution in [0.5, 0.6) is 0 Å².